The number of aromatic carboxylic acids is 1. The zero-order valence-electron chi connectivity index (χ0n) is 10.1. The van der Waals surface area contributed by atoms with Crippen LogP contribution in [0.15, 0.2) is 29.1 Å². The first kappa shape index (κ1) is 11.6. The Morgan fingerprint density at radius 2 is 2.16 bits per heavy atom. The van der Waals surface area contributed by atoms with Crippen molar-refractivity contribution in [3.63, 3.8) is 0 Å². The highest BCUT2D eigenvalue weighted by Gasteiger charge is 2.26. The molecule has 2 aromatic rings. The van der Waals surface area contributed by atoms with Gasteiger partial charge in [-0.15, -0.1) is 0 Å². The Morgan fingerprint density at radius 1 is 1.42 bits per heavy atom. The average Bonchev–Trinajstić information content (AvgIpc) is 2.36. The van der Waals surface area contributed by atoms with Crippen molar-refractivity contribution in [3.8, 4) is 0 Å². The van der Waals surface area contributed by atoms with Crippen molar-refractivity contribution in [2.24, 2.45) is 0 Å². The third-order valence-electron chi connectivity index (χ3n) is 3.37. The quantitative estimate of drug-likeness (QED) is 0.800. The zero-order valence-corrected chi connectivity index (χ0v) is 10.1. The van der Waals surface area contributed by atoms with Crippen molar-refractivity contribution in [2.45, 2.75) is 13.0 Å². The second-order valence-corrected chi connectivity index (χ2v) is 4.51. The van der Waals surface area contributed by atoms with E-state index in [0.717, 1.165) is 0 Å². The molecule has 19 heavy (non-hydrogen) atoms. The molecule has 0 aliphatic carbocycles. The molecular formula is C14H10FNO3. The van der Waals surface area contributed by atoms with Crippen LogP contribution in [0.5, 0.6) is 0 Å². The monoisotopic (exact) mass is 259 g/mol. The number of nitrogens with zero attached hydrogens (tertiary/aromatic N) is 1. The second kappa shape index (κ2) is 3.78. The molecule has 1 unspecified atom stereocenters. The smallest absolute Gasteiger partial charge is 0.344 e. The van der Waals surface area contributed by atoms with Gasteiger partial charge in [-0.25, -0.2) is 4.79 Å². The Hall–Kier alpha value is -2.43. The zero-order chi connectivity index (χ0) is 13.7. The molecule has 5 heteroatoms. The minimum absolute atomic E-state index is 0.229. The lowest BCUT2D eigenvalue weighted by Gasteiger charge is -2.23. The molecule has 4 nitrogen and oxygen atoms in total. The van der Waals surface area contributed by atoms with Crippen LogP contribution in [0.1, 0.15) is 28.9 Å². The highest BCUT2D eigenvalue weighted by molar-refractivity contribution is 5.96. The molecule has 0 amide bonds. The number of aromatic nitrogens is 1. The van der Waals surface area contributed by atoms with Gasteiger partial charge in [0.05, 0.1) is 11.6 Å². The van der Waals surface area contributed by atoms with Gasteiger partial charge in [-0.05, 0) is 18.6 Å². The third kappa shape index (κ3) is 1.44. The number of halogens is 1. The van der Waals surface area contributed by atoms with E-state index in [2.05, 4.69) is 0 Å². The van der Waals surface area contributed by atoms with Crippen molar-refractivity contribution in [2.75, 3.05) is 0 Å². The standard InChI is InChI=1S/C14H10FNO3/c1-7-5-6-8-3-2-4-9-11(8)16(7)13(15)10(12(9)17)14(18)19/h2-7H,1H3,(H,18,19). The van der Waals surface area contributed by atoms with Crippen LogP contribution in [-0.2, 0) is 0 Å². The molecule has 0 bridgehead atoms. The molecule has 0 spiro atoms. The van der Waals surface area contributed by atoms with E-state index < -0.39 is 22.9 Å². The van der Waals surface area contributed by atoms with Crippen LogP contribution >= 0.6 is 0 Å². The molecule has 1 N–H and O–H groups in total. The summed E-state index contributed by atoms with van der Waals surface area (Å²) in [5, 5.41) is 9.26. The number of para-hydroxylation sites is 1. The first-order valence-electron chi connectivity index (χ1n) is 5.80. The molecular weight excluding hydrogens is 249 g/mol. The number of hydrogen-bond donors (Lipinski definition) is 1. The maximum atomic E-state index is 14.3. The van der Waals surface area contributed by atoms with Crippen LogP contribution in [0.25, 0.3) is 17.0 Å². The number of rotatable bonds is 1. The molecule has 96 valence electrons. The van der Waals surface area contributed by atoms with E-state index >= 15 is 0 Å². The fourth-order valence-electron chi connectivity index (χ4n) is 2.49. The molecule has 3 rings (SSSR count). The number of carboxylic acid groups (broad SMARTS) is 1. The molecule has 1 aromatic carbocycles. The van der Waals surface area contributed by atoms with Crippen LogP contribution in [0.3, 0.4) is 0 Å². The van der Waals surface area contributed by atoms with E-state index in [1.54, 1.807) is 25.1 Å². The van der Waals surface area contributed by atoms with Crippen molar-refractivity contribution in [1.82, 2.24) is 4.57 Å². The van der Waals surface area contributed by atoms with E-state index in [4.69, 9.17) is 5.11 Å². The summed E-state index contributed by atoms with van der Waals surface area (Å²) in [6.45, 7) is 1.74. The molecule has 1 aromatic heterocycles. The average molecular weight is 259 g/mol. The number of pyridine rings is 1. The SMILES string of the molecule is CC1C=Cc2cccc3c(=O)c(C(=O)O)c(F)n1c23. The maximum absolute atomic E-state index is 14.3. The Morgan fingerprint density at radius 3 is 2.84 bits per heavy atom. The maximum Gasteiger partial charge on any atom is 0.344 e. The summed E-state index contributed by atoms with van der Waals surface area (Å²) in [6, 6.07) is 4.61. The second-order valence-electron chi connectivity index (χ2n) is 4.51. The lowest BCUT2D eigenvalue weighted by atomic mass is 10.0. The first-order chi connectivity index (χ1) is 9.02. The summed E-state index contributed by atoms with van der Waals surface area (Å²) in [5.74, 6) is -2.53. The van der Waals surface area contributed by atoms with Gasteiger partial charge in [-0.3, -0.25) is 4.79 Å². The van der Waals surface area contributed by atoms with E-state index in [1.807, 2.05) is 6.08 Å². The largest absolute Gasteiger partial charge is 0.477 e. The van der Waals surface area contributed by atoms with Crippen molar-refractivity contribution in [3.05, 3.63) is 51.6 Å². The van der Waals surface area contributed by atoms with Gasteiger partial charge in [-0.2, -0.15) is 4.39 Å². The van der Waals surface area contributed by atoms with E-state index in [0.29, 0.717) is 11.1 Å². The van der Waals surface area contributed by atoms with Gasteiger partial charge in [0, 0.05) is 5.39 Å². The minimum atomic E-state index is -1.54. The van der Waals surface area contributed by atoms with Crippen molar-refractivity contribution in [1.29, 1.82) is 0 Å². The number of allylic oxidation sites excluding steroid dienone is 1. The Labute approximate surface area is 107 Å². The predicted molar refractivity (Wildman–Crippen MR) is 68.9 cm³/mol. The summed E-state index contributed by atoms with van der Waals surface area (Å²) < 4.78 is 15.6. The molecule has 0 fully saturated rings. The number of benzene rings is 1. The summed E-state index contributed by atoms with van der Waals surface area (Å²) in [5.41, 5.74) is -0.416. The number of carbonyl (C=O) groups is 1. The fraction of sp³-hybridized carbons (Fsp3) is 0.143. The van der Waals surface area contributed by atoms with Crippen LogP contribution in [-0.4, -0.2) is 15.6 Å². The van der Waals surface area contributed by atoms with Gasteiger partial charge < -0.3 is 9.67 Å². The first-order valence-corrected chi connectivity index (χ1v) is 5.80. The molecule has 0 saturated carbocycles. The molecule has 0 radical (unpaired) electrons. The summed E-state index contributed by atoms with van der Waals surface area (Å²) >= 11 is 0. The van der Waals surface area contributed by atoms with Gasteiger partial charge >= 0.3 is 5.97 Å². The Bertz CT molecular complexity index is 804. The van der Waals surface area contributed by atoms with Crippen LogP contribution in [0, 0.1) is 5.95 Å². The molecule has 1 aliphatic heterocycles. The Kier molecular flexibility index (Phi) is 2.32. The topological polar surface area (TPSA) is 59.3 Å². The summed E-state index contributed by atoms with van der Waals surface area (Å²) in [7, 11) is 0. The van der Waals surface area contributed by atoms with E-state index in [9.17, 15) is 14.0 Å². The minimum Gasteiger partial charge on any atom is -0.477 e. The van der Waals surface area contributed by atoms with Crippen LogP contribution < -0.4 is 5.43 Å². The normalized spacial score (nSPS) is 16.8. The van der Waals surface area contributed by atoms with E-state index in [-0.39, 0.29) is 11.4 Å². The van der Waals surface area contributed by atoms with Gasteiger partial charge in [-0.1, -0.05) is 24.3 Å². The lowest BCUT2D eigenvalue weighted by Crippen LogP contribution is -2.26. The van der Waals surface area contributed by atoms with Crippen LogP contribution in [0.4, 0.5) is 4.39 Å². The predicted octanol–water partition coefficient (Wildman–Crippen LogP) is 2.43. The fourth-order valence-corrected chi connectivity index (χ4v) is 2.49. The van der Waals surface area contributed by atoms with Crippen LogP contribution in [0.2, 0.25) is 0 Å². The van der Waals surface area contributed by atoms with Crippen molar-refractivity contribution >= 4 is 22.9 Å². The Balaban J connectivity index is 2.62. The number of hydrogen-bond acceptors (Lipinski definition) is 2. The highest BCUT2D eigenvalue weighted by atomic mass is 19.1. The molecule has 1 atom stereocenters. The summed E-state index contributed by atoms with van der Waals surface area (Å²) in [6.07, 6.45) is 3.58. The summed E-state index contributed by atoms with van der Waals surface area (Å²) in [4.78, 5) is 23.2. The van der Waals surface area contributed by atoms with Gasteiger partial charge in [0.2, 0.25) is 11.4 Å². The lowest BCUT2D eigenvalue weighted by molar-refractivity contribution is 0.0688. The molecule has 0 saturated heterocycles. The van der Waals surface area contributed by atoms with Gasteiger partial charge in [0.1, 0.15) is 0 Å². The highest BCUT2D eigenvalue weighted by Crippen LogP contribution is 2.29. The molecule has 1 aliphatic rings. The van der Waals surface area contributed by atoms with Gasteiger partial charge in [0.15, 0.2) is 5.56 Å². The number of carboxylic acids is 1. The van der Waals surface area contributed by atoms with Gasteiger partial charge in [0.25, 0.3) is 0 Å². The molecule has 2 heterocycles. The third-order valence-corrected chi connectivity index (χ3v) is 3.37. The van der Waals surface area contributed by atoms with Crippen molar-refractivity contribution < 1.29 is 14.3 Å². The van der Waals surface area contributed by atoms with E-state index in [1.165, 1.54) is 10.6 Å².